The smallest absolute Gasteiger partial charge is 0.336 e. The summed E-state index contributed by atoms with van der Waals surface area (Å²) >= 11 is 0. The molecule has 262 valence electrons. The average molecular weight is 692 g/mol. The summed E-state index contributed by atoms with van der Waals surface area (Å²) in [5.41, 5.74) is 0.289. The Labute approximate surface area is 283 Å². The van der Waals surface area contributed by atoms with Gasteiger partial charge in [0.25, 0.3) is 5.91 Å². The Morgan fingerprint density at radius 2 is 1.60 bits per heavy atom. The summed E-state index contributed by atoms with van der Waals surface area (Å²) in [6.45, 7) is 3.10. The number of halogens is 1. The number of phenolic OH excluding ortho intramolecular Hbond substituents is 1. The van der Waals surface area contributed by atoms with E-state index in [4.69, 9.17) is 4.42 Å². The molecule has 0 unspecified atom stereocenters. The molecule has 2 aliphatic rings. The van der Waals surface area contributed by atoms with Gasteiger partial charge >= 0.3 is 11.9 Å². The van der Waals surface area contributed by atoms with Gasteiger partial charge in [0.15, 0.2) is 11.2 Å². The molecule has 2 aromatic carbocycles. The van der Waals surface area contributed by atoms with Crippen LogP contribution in [0.3, 0.4) is 0 Å². The third-order valence-corrected chi connectivity index (χ3v) is 7.88. The van der Waals surface area contributed by atoms with Gasteiger partial charge in [-0.05, 0) is 60.9 Å². The third-order valence-electron chi connectivity index (χ3n) is 7.88. The topological polar surface area (TPSA) is 218 Å². The number of aromatic hydroxyl groups is 1. The van der Waals surface area contributed by atoms with E-state index >= 15 is 0 Å². The highest BCUT2D eigenvalue weighted by Gasteiger charge is 2.31. The van der Waals surface area contributed by atoms with Gasteiger partial charge in [0.1, 0.15) is 41.9 Å². The van der Waals surface area contributed by atoms with E-state index < -0.39 is 72.6 Å². The Kier molecular flexibility index (Phi) is 11.3. The molecule has 1 heterocycles. The lowest BCUT2D eigenvalue weighted by molar-refractivity contribution is -0.143. The fraction of sp³-hybridized carbons (Fsp3) is 0.286. The van der Waals surface area contributed by atoms with Crippen molar-refractivity contribution >= 4 is 46.4 Å². The fourth-order valence-corrected chi connectivity index (χ4v) is 5.24. The van der Waals surface area contributed by atoms with Gasteiger partial charge in [0.2, 0.25) is 11.8 Å². The van der Waals surface area contributed by atoms with Crippen molar-refractivity contribution in [3.63, 3.8) is 0 Å². The summed E-state index contributed by atoms with van der Waals surface area (Å²) in [5, 5.41) is 27.8. The van der Waals surface area contributed by atoms with Crippen LogP contribution < -0.4 is 21.4 Å². The number of nitrogens with one attached hydrogen (secondary N) is 3. The van der Waals surface area contributed by atoms with Crippen LogP contribution in [-0.4, -0.2) is 77.6 Å². The van der Waals surface area contributed by atoms with Gasteiger partial charge in [0, 0.05) is 34.2 Å². The molecular weight excluding hydrogens is 657 g/mol. The SMILES string of the molecule is COC(=O)C[C@@H](NC(=O)[C@H](C)NC(=O)[C@@H](NC(=O)c1ccc(C(=O)O)c(-c2c3ccc(=O)cc-3oc3cc(O)ccc23)c1)C(C)C)C(=O)CF. The van der Waals surface area contributed by atoms with Crippen LogP contribution in [0.5, 0.6) is 5.75 Å². The van der Waals surface area contributed by atoms with E-state index in [1.807, 2.05) is 0 Å². The van der Waals surface area contributed by atoms with E-state index in [0.717, 1.165) is 7.11 Å². The second kappa shape index (κ2) is 15.4. The molecule has 50 heavy (non-hydrogen) atoms. The van der Waals surface area contributed by atoms with E-state index in [2.05, 4.69) is 20.7 Å². The van der Waals surface area contributed by atoms with Gasteiger partial charge in [-0.15, -0.1) is 0 Å². The maximum Gasteiger partial charge on any atom is 0.336 e. The van der Waals surface area contributed by atoms with Crippen molar-refractivity contribution in [2.45, 2.75) is 45.3 Å². The van der Waals surface area contributed by atoms with E-state index in [1.165, 1.54) is 61.5 Å². The standard InChI is InChI=1S/C35H34FN3O11/c1-16(2)31(34(46)37-17(3)32(44)38-25(26(42)15-36)14-29(43)49-4)39-33(45)18-5-8-21(35(47)48)24(11-18)30-22-9-6-19(40)12-27(22)50-28-13-20(41)7-10-23(28)30/h5-13,16-17,25,31,40H,14-15H2,1-4H3,(H,37,46)(H,38,44)(H,39,45)(H,47,48)/t17-,25+,31-/m0/s1. The number of benzene rings is 3. The largest absolute Gasteiger partial charge is 0.508 e. The summed E-state index contributed by atoms with van der Waals surface area (Å²) in [6.07, 6.45) is -0.621. The highest BCUT2D eigenvalue weighted by Crippen LogP contribution is 2.42. The molecule has 0 aromatic heterocycles. The van der Waals surface area contributed by atoms with E-state index in [1.54, 1.807) is 13.8 Å². The molecule has 0 spiro atoms. The van der Waals surface area contributed by atoms with Crippen LogP contribution in [0.25, 0.3) is 33.4 Å². The van der Waals surface area contributed by atoms with Crippen LogP contribution in [0.1, 0.15) is 47.9 Å². The number of fused-ring (bicyclic) bond motifs is 2. The monoisotopic (exact) mass is 691 g/mol. The summed E-state index contributed by atoms with van der Waals surface area (Å²) in [6, 6.07) is 7.91. The maximum atomic E-state index is 13.6. The van der Waals surface area contributed by atoms with Crippen LogP contribution in [-0.2, 0) is 23.9 Å². The first kappa shape index (κ1) is 36.7. The predicted molar refractivity (Wildman–Crippen MR) is 176 cm³/mol. The van der Waals surface area contributed by atoms with Crippen molar-refractivity contribution in [3.8, 4) is 28.2 Å². The zero-order valence-corrected chi connectivity index (χ0v) is 27.4. The number of carbonyl (C=O) groups excluding carboxylic acids is 5. The summed E-state index contributed by atoms with van der Waals surface area (Å²) in [5.74, 6) is -6.26. The number of carboxylic acid groups (broad SMARTS) is 1. The number of amides is 3. The van der Waals surface area contributed by atoms with Gasteiger partial charge in [0.05, 0.1) is 19.1 Å². The molecule has 0 fully saturated rings. The summed E-state index contributed by atoms with van der Waals surface area (Å²) < 4.78 is 23.4. The van der Waals surface area contributed by atoms with Gasteiger partial charge < -0.3 is 35.3 Å². The van der Waals surface area contributed by atoms with Crippen LogP contribution >= 0.6 is 0 Å². The quantitative estimate of drug-likeness (QED) is 0.101. The van der Waals surface area contributed by atoms with Crippen LogP contribution in [0, 0.1) is 5.92 Å². The molecule has 3 atom stereocenters. The van der Waals surface area contributed by atoms with Crippen LogP contribution in [0.2, 0.25) is 0 Å². The molecule has 0 saturated heterocycles. The zero-order chi connectivity index (χ0) is 36.9. The number of phenols is 1. The number of esters is 1. The van der Waals surface area contributed by atoms with E-state index in [0.29, 0.717) is 16.5 Å². The molecule has 5 N–H and O–H groups in total. The highest BCUT2D eigenvalue weighted by atomic mass is 19.1. The van der Waals surface area contributed by atoms with E-state index in [9.17, 15) is 48.2 Å². The number of Topliss-reactive ketones (excluding diaryl/α,β-unsaturated/α-hetero) is 1. The Morgan fingerprint density at radius 3 is 2.24 bits per heavy atom. The molecule has 1 aliphatic carbocycles. The lowest BCUT2D eigenvalue weighted by Crippen LogP contribution is -2.56. The number of carbonyl (C=O) groups is 6. The van der Waals surface area contributed by atoms with Gasteiger partial charge in [-0.25, -0.2) is 9.18 Å². The first-order chi connectivity index (χ1) is 23.6. The number of ketones is 1. The van der Waals surface area contributed by atoms with Gasteiger partial charge in [-0.3, -0.25) is 28.8 Å². The first-order valence-corrected chi connectivity index (χ1v) is 15.3. The molecule has 4 rings (SSSR count). The number of alkyl halides is 1. The molecule has 2 aromatic rings. The lowest BCUT2D eigenvalue weighted by atomic mass is 9.89. The minimum atomic E-state index is -1.52. The normalized spacial score (nSPS) is 12.9. The Morgan fingerprint density at radius 1 is 0.880 bits per heavy atom. The molecule has 0 saturated carbocycles. The molecule has 14 nitrogen and oxygen atoms in total. The number of hydrogen-bond donors (Lipinski definition) is 5. The number of methoxy groups -OCH3 is 1. The van der Waals surface area contributed by atoms with Crippen molar-refractivity contribution in [3.05, 3.63) is 75.9 Å². The lowest BCUT2D eigenvalue weighted by Gasteiger charge is -2.25. The minimum Gasteiger partial charge on any atom is -0.508 e. The first-order valence-electron chi connectivity index (χ1n) is 15.3. The molecule has 3 amide bonds. The van der Waals surface area contributed by atoms with Gasteiger partial charge in [-0.1, -0.05) is 13.8 Å². The Balaban J connectivity index is 1.65. The predicted octanol–water partition coefficient (Wildman–Crippen LogP) is 2.81. The van der Waals surface area contributed by atoms with Crippen molar-refractivity contribution < 1.29 is 52.5 Å². The van der Waals surface area contributed by atoms with Crippen molar-refractivity contribution in [2.24, 2.45) is 5.92 Å². The zero-order valence-electron chi connectivity index (χ0n) is 27.4. The molecular formula is C35H34FN3O11. The van der Waals surface area contributed by atoms with Gasteiger partial charge in [-0.2, -0.15) is 0 Å². The van der Waals surface area contributed by atoms with Crippen molar-refractivity contribution in [1.82, 2.24) is 16.0 Å². The van der Waals surface area contributed by atoms with Crippen molar-refractivity contribution in [2.75, 3.05) is 13.8 Å². The molecule has 0 radical (unpaired) electrons. The third kappa shape index (κ3) is 8.11. The molecule has 0 bridgehead atoms. The number of ether oxygens (including phenoxy) is 1. The second-order valence-electron chi connectivity index (χ2n) is 11.7. The molecule has 15 heteroatoms. The number of aromatic carboxylic acids is 1. The van der Waals surface area contributed by atoms with Crippen LogP contribution in [0.15, 0.2) is 63.8 Å². The minimum absolute atomic E-state index is 0.0362. The Hall–Kier alpha value is -6.12. The fourth-order valence-electron chi connectivity index (χ4n) is 5.24. The van der Waals surface area contributed by atoms with E-state index in [-0.39, 0.29) is 39.2 Å². The molecule has 1 aliphatic heterocycles. The number of hydrogen-bond acceptors (Lipinski definition) is 10. The number of carboxylic acids is 1. The Bertz CT molecular complexity index is 2020. The second-order valence-corrected chi connectivity index (χ2v) is 11.7. The average Bonchev–Trinajstić information content (AvgIpc) is 3.07. The van der Waals surface area contributed by atoms with Crippen LogP contribution in [0.4, 0.5) is 4.39 Å². The number of rotatable bonds is 13. The highest BCUT2D eigenvalue weighted by molar-refractivity contribution is 6.09. The summed E-state index contributed by atoms with van der Waals surface area (Å²) in [4.78, 5) is 87.8. The maximum absolute atomic E-state index is 13.6. The van der Waals surface area contributed by atoms with Crippen molar-refractivity contribution in [1.29, 1.82) is 0 Å². The summed E-state index contributed by atoms with van der Waals surface area (Å²) in [7, 11) is 1.06.